The predicted octanol–water partition coefficient (Wildman–Crippen LogP) is 4.71. The van der Waals surface area contributed by atoms with Gasteiger partial charge in [-0.2, -0.15) is 26.3 Å². The largest absolute Gasteiger partial charge is 0.741 e. The van der Waals surface area contributed by atoms with Crippen LogP contribution in [0.25, 0.3) is 12.2 Å². The van der Waals surface area contributed by atoms with Crippen LogP contribution in [0.3, 0.4) is 0 Å². The number of benzene rings is 2. The molecule has 6 nitrogen and oxygen atoms in total. The molecule has 0 bridgehead atoms. The van der Waals surface area contributed by atoms with Crippen molar-refractivity contribution in [3.05, 3.63) is 82.9 Å². The van der Waals surface area contributed by atoms with Gasteiger partial charge in [0.05, 0.1) is 0 Å². The quantitative estimate of drug-likeness (QED) is 0.273. The second-order valence-electron chi connectivity index (χ2n) is 6.90. The van der Waals surface area contributed by atoms with Gasteiger partial charge in [0.1, 0.15) is 0 Å². The number of hydrogen-bond donors (Lipinski definition) is 0. The van der Waals surface area contributed by atoms with Gasteiger partial charge in [-0.1, -0.05) is 0 Å². The van der Waals surface area contributed by atoms with E-state index in [1.54, 1.807) is 11.1 Å². The summed E-state index contributed by atoms with van der Waals surface area (Å²) in [5.74, 6) is 0. The van der Waals surface area contributed by atoms with Crippen molar-refractivity contribution in [3.63, 3.8) is 0 Å². The summed E-state index contributed by atoms with van der Waals surface area (Å²) in [7, 11) is -12.2. The van der Waals surface area contributed by atoms with Crippen LogP contribution < -0.4 is 0 Å². The standard InChI is InChI=1S/2C9H7.2CHF3O3S.Zr/c2*1-2-5-9-7-3-6-8(9)4-1;2*2-1(3,4)8(5,6)7;/h2*1-7H;2*(H,5,6,7);/q;;;;+2/p-2. The van der Waals surface area contributed by atoms with Crippen LogP contribution in [0.2, 0.25) is 0 Å². The maximum atomic E-state index is 10.7. The molecule has 0 aliphatic heterocycles. The minimum absolute atomic E-state index is 0.542. The molecule has 0 radical (unpaired) electrons. The number of fused-ring (bicyclic) bond motifs is 2. The molecule has 2 aliphatic rings. The summed E-state index contributed by atoms with van der Waals surface area (Å²) in [6, 6.07) is 17.7. The van der Waals surface area contributed by atoms with Crippen molar-refractivity contribution in [2.75, 3.05) is 0 Å². The van der Waals surface area contributed by atoms with Gasteiger partial charge in [-0.15, -0.1) is 0 Å². The van der Waals surface area contributed by atoms with Crippen LogP contribution in [0.4, 0.5) is 26.3 Å². The molecule has 0 amide bonds. The Hall–Kier alpha value is -1.80. The van der Waals surface area contributed by atoms with Crippen LogP contribution in [0.15, 0.2) is 60.7 Å². The third-order valence-electron chi connectivity index (χ3n) is 4.52. The normalized spacial score (nSPS) is 18.4. The average Bonchev–Trinajstić information content (AvgIpc) is 3.31. The van der Waals surface area contributed by atoms with E-state index in [-0.39, 0.29) is 0 Å². The zero-order valence-electron chi connectivity index (χ0n) is 17.1. The summed E-state index contributed by atoms with van der Waals surface area (Å²) in [6.45, 7) is 0. The third-order valence-corrected chi connectivity index (χ3v) is 9.90. The van der Waals surface area contributed by atoms with Crippen LogP contribution in [0.1, 0.15) is 29.5 Å². The van der Waals surface area contributed by atoms with E-state index in [2.05, 4.69) is 72.8 Å². The molecule has 0 saturated carbocycles. The fraction of sp³-hybridized carbons (Fsp3) is 0.200. The summed E-state index contributed by atoms with van der Waals surface area (Å²) in [5.41, 5.74) is -5.30. The van der Waals surface area contributed by atoms with Crippen molar-refractivity contribution in [2.45, 2.75) is 18.3 Å². The smallest absolute Gasteiger partial charge is 0.485 e. The molecule has 35 heavy (non-hydrogen) atoms. The Morgan fingerprint density at radius 1 is 0.629 bits per heavy atom. The van der Waals surface area contributed by atoms with Crippen LogP contribution >= 0.6 is 0 Å². The summed E-state index contributed by atoms with van der Waals surface area (Å²) >= 11 is -0.542. The molecule has 0 N–H and O–H groups in total. The molecule has 0 aromatic heterocycles. The Morgan fingerprint density at radius 3 is 1.20 bits per heavy atom. The van der Waals surface area contributed by atoms with Crippen molar-refractivity contribution in [1.29, 1.82) is 0 Å². The average molecular weight is 620 g/mol. The van der Waals surface area contributed by atoms with E-state index in [4.69, 9.17) is 25.9 Å². The summed E-state index contributed by atoms with van der Waals surface area (Å²) in [4.78, 5) is 0. The van der Waals surface area contributed by atoms with Gasteiger partial charge in [0.2, 0.25) is 0 Å². The zero-order chi connectivity index (χ0) is 26.7. The Labute approximate surface area is 208 Å². The van der Waals surface area contributed by atoms with Crippen molar-refractivity contribution in [1.82, 2.24) is 0 Å². The Balaban J connectivity index is 0.000000227. The molecule has 0 heterocycles. The fourth-order valence-corrected chi connectivity index (χ4v) is 7.13. The van der Waals surface area contributed by atoms with E-state index < -0.39 is 54.5 Å². The predicted molar refractivity (Wildman–Crippen MR) is 108 cm³/mol. The van der Waals surface area contributed by atoms with E-state index in [1.807, 2.05) is 0 Å². The van der Waals surface area contributed by atoms with Crippen LogP contribution in [-0.4, -0.2) is 37.0 Å². The number of alkyl halides is 6. The molecule has 4 rings (SSSR count). The van der Waals surface area contributed by atoms with Gasteiger partial charge in [-0.3, -0.25) is 0 Å². The molecule has 2 atom stereocenters. The van der Waals surface area contributed by atoms with E-state index in [0.29, 0.717) is 0 Å². The molecule has 0 saturated heterocycles. The van der Waals surface area contributed by atoms with Crippen molar-refractivity contribution in [3.8, 4) is 0 Å². The maximum Gasteiger partial charge on any atom is 0.485 e. The first-order valence-electron chi connectivity index (χ1n) is 9.26. The molecule has 2 aromatic carbocycles. The fourth-order valence-electron chi connectivity index (χ4n) is 2.98. The molecule has 2 unspecified atom stereocenters. The first-order valence-corrected chi connectivity index (χ1v) is 14.9. The third kappa shape index (κ3) is 8.11. The molecular weight excluding hydrogens is 606 g/mol. The minimum Gasteiger partial charge on any atom is -0.741 e. The number of rotatable bonds is 2. The topological polar surface area (TPSA) is 114 Å². The molecule has 2 aromatic rings. The van der Waals surface area contributed by atoms with Gasteiger partial charge in [0, 0.05) is 0 Å². The summed E-state index contributed by atoms with van der Waals surface area (Å²) in [5, 5.41) is 0. The summed E-state index contributed by atoms with van der Waals surface area (Å²) in [6.07, 6.45) is 9.49. The minimum atomic E-state index is -6.09. The van der Waals surface area contributed by atoms with Crippen molar-refractivity contribution < 1.29 is 75.5 Å². The Kier molecular flexibility index (Phi) is 9.32. The van der Waals surface area contributed by atoms with Crippen LogP contribution in [-0.2, 0) is 43.5 Å². The van der Waals surface area contributed by atoms with E-state index in [1.165, 1.54) is 11.1 Å². The Bertz CT molecular complexity index is 1220. The number of halogens is 6. The second kappa shape index (κ2) is 11.1. The van der Waals surface area contributed by atoms with E-state index >= 15 is 0 Å². The van der Waals surface area contributed by atoms with Gasteiger partial charge < -0.3 is 9.11 Å². The molecular formula is C20H14F6O6S2Zr. The van der Waals surface area contributed by atoms with Crippen molar-refractivity contribution in [2.24, 2.45) is 0 Å². The molecule has 188 valence electrons. The van der Waals surface area contributed by atoms with Gasteiger partial charge in [0.25, 0.3) is 0 Å². The van der Waals surface area contributed by atoms with Crippen LogP contribution in [0, 0.1) is 0 Å². The van der Waals surface area contributed by atoms with E-state index in [0.717, 1.165) is 7.25 Å². The van der Waals surface area contributed by atoms with Crippen LogP contribution in [0.5, 0.6) is 0 Å². The van der Waals surface area contributed by atoms with Gasteiger partial charge in [-0.05, 0) is 0 Å². The van der Waals surface area contributed by atoms with Gasteiger partial charge in [0.15, 0.2) is 20.2 Å². The molecule has 0 spiro atoms. The van der Waals surface area contributed by atoms with Gasteiger partial charge in [-0.25, -0.2) is 16.8 Å². The van der Waals surface area contributed by atoms with Gasteiger partial charge >= 0.3 is 137 Å². The van der Waals surface area contributed by atoms with E-state index in [9.17, 15) is 26.3 Å². The molecule has 0 fully saturated rings. The number of hydrogen-bond acceptors (Lipinski definition) is 6. The SMILES string of the molecule is C1=C[CH]([Zr+2][CH]2C=Cc3ccccc32)c2ccccc21.O=S(=O)([O-])C(F)(F)F.O=S(=O)([O-])C(F)(F)F. The Morgan fingerprint density at radius 2 is 0.914 bits per heavy atom. The molecule has 2 aliphatic carbocycles. The van der Waals surface area contributed by atoms with Crippen molar-refractivity contribution >= 4 is 32.4 Å². The molecule has 15 heteroatoms. The zero-order valence-corrected chi connectivity index (χ0v) is 21.2. The number of allylic oxidation sites excluding steroid dienone is 2. The first kappa shape index (κ1) is 29.4. The maximum absolute atomic E-state index is 10.7. The monoisotopic (exact) mass is 618 g/mol. The first-order chi connectivity index (χ1) is 15.9. The summed E-state index contributed by atoms with van der Waals surface area (Å²) < 4.78 is 119. The second-order valence-corrected chi connectivity index (χ2v) is 13.5.